The number of nitrogens with two attached hydrogens (primary N) is 1. The molecular weight excluding hydrogens is 352 g/mol. The van der Waals surface area contributed by atoms with Gasteiger partial charge in [-0.2, -0.15) is 0 Å². The summed E-state index contributed by atoms with van der Waals surface area (Å²) in [5, 5.41) is 12.5. The molecule has 1 unspecified atom stereocenters. The molecule has 3 aromatic carbocycles. The van der Waals surface area contributed by atoms with E-state index in [0.717, 1.165) is 11.4 Å². The highest BCUT2D eigenvalue weighted by Crippen LogP contribution is 2.24. The van der Waals surface area contributed by atoms with E-state index in [-0.39, 0.29) is 6.54 Å². The summed E-state index contributed by atoms with van der Waals surface area (Å²) >= 11 is 1.81. The number of aryl methyl sites for hydroxylation is 1. The normalized spacial score (nSPS) is 11.2. The molecule has 3 aromatic rings. The first-order chi connectivity index (χ1) is 13.2. The number of aliphatic hydroxyl groups is 1. The fourth-order valence-corrected chi connectivity index (χ4v) is 3.12. The van der Waals surface area contributed by atoms with Gasteiger partial charge in [0.2, 0.25) is 0 Å². The van der Waals surface area contributed by atoms with Crippen LogP contribution in [-0.2, 0) is 5.75 Å². The summed E-state index contributed by atoms with van der Waals surface area (Å²) < 4.78 is 0. The van der Waals surface area contributed by atoms with Gasteiger partial charge in [0.1, 0.15) is 0 Å². The van der Waals surface area contributed by atoms with Crippen molar-refractivity contribution >= 4 is 17.4 Å². The van der Waals surface area contributed by atoms with Crippen LogP contribution in [-0.4, -0.2) is 24.3 Å². The van der Waals surface area contributed by atoms with Crippen LogP contribution in [0.4, 0.5) is 5.69 Å². The van der Waals surface area contributed by atoms with Gasteiger partial charge in [0.25, 0.3) is 0 Å². The van der Waals surface area contributed by atoms with Crippen LogP contribution in [0.2, 0.25) is 0 Å². The van der Waals surface area contributed by atoms with E-state index in [1.807, 2.05) is 48.2 Å². The molecule has 0 fully saturated rings. The van der Waals surface area contributed by atoms with E-state index in [0.29, 0.717) is 6.54 Å². The molecule has 0 spiro atoms. The molecule has 0 amide bonds. The average molecular weight is 381 g/mol. The van der Waals surface area contributed by atoms with E-state index in [2.05, 4.69) is 60.8 Å². The summed E-state index contributed by atoms with van der Waals surface area (Å²) in [6, 6.07) is 28.9. The van der Waals surface area contributed by atoms with E-state index in [1.165, 1.54) is 16.0 Å². The Labute approximate surface area is 166 Å². The van der Waals surface area contributed by atoms with Crippen LogP contribution in [0.25, 0.3) is 0 Å². The van der Waals surface area contributed by atoms with E-state index in [1.54, 1.807) is 0 Å². The number of rotatable bonds is 7. The fraction of sp³-hybridized carbons (Fsp3) is 0.217. The molecule has 0 aliphatic rings. The highest BCUT2D eigenvalue weighted by atomic mass is 32.2. The van der Waals surface area contributed by atoms with Gasteiger partial charge >= 0.3 is 0 Å². The highest BCUT2D eigenvalue weighted by Gasteiger charge is 2.01. The van der Waals surface area contributed by atoms with Crippen LogP contribution in [0.3, 0.4) is 0 Å². The number of nitrogens with one attached hydrogen (secondary N) is 1. The molecule has 0 saturated carbocycles. The molecule has 0 saturated heterocycles. The Bertz CT molecular complexity index is 748. The summed E-state index contributed by atoms with van der Waals surface area (Å²) in [5.41, 5.74) is 9.01. The van der Waals surface area contributed by atoms with E-state index < -0.39 is 6.10 Å². The molecule has 142 valence electrons. The van der Waals surface area contributed by atoms with Crippen molar-refractivity contribution in [1.29, 1.82) is 0 Å². The van der Waals surface area contributed by atoms with Gasteiger partial charge < -0.3 is 16.2 Å². The van der Waals surface area contributed by atoms with Crippen LogP contribution in [0, 0.1) is 6.92 Å². The summed E-state index contributed by atoms with van der Waals surface area (Å²) in [5.74, 6) is 0.972. The van der Waals surface area contributed by atoms with Gasteiger partial charge in [-0.15, -0.1) is 11.8 Å². The standard InChI is InChI=1S/C16H20N2OS.C7H8/c17-10-15(19)11-18-14-6-8-16(9-7-14)20-12-13-4-2-1-3-5-13;1-7-5-3-2-4-6-7/h1-9,15,18-19H,10-12,17H2;2-6H,1H3. The zero-order valence-corrected chi connectivity index (χ0v) is 16.5. The smallest absolute Gasteiger partial charge is 0.0834 e. The monoisotopic (exact) mass is 380 g/mol. The molecule has 4 N–H and O–H groups in total. The van der Waals surface area contributed by atoms with Crippen molar-refractivity contribution in [2.24, 2.45) is 5.73 Å². The molecular formula is C23H28N2OS. The lowest BCUT2D eigenvalue weighted by molar-refractivity contribution is 0.196. The maximum absolute atomic E-state index is 9.39. The van der Waals surface area contributed by atoms with Gasteiger partial charge in [-0.25, -0.2) is 0 Å². The zero-order valence-electron chi connectivity index (χ0n) is 15.7. The van der Waals surface area contributed by atoms with Crippen molar-refractivity contribution < 1.29 is 5.11 Å². The Morgan fingerprint density at radius 1 is 0.889 bits per heavy atom. The first-order valence-electron chi connectivity index (χ1n) is 9.08. The van der Waals surface area contributed by atoms with Crippen molar-refractivity contribution in [2.75, 3.05) is 18.4 Å². The van der Waals surface area contributed by atoms with Crippen LogP contribution in [0.15, 0.2) is 89.8 Å². The number of hydrogen-bond acceptors (Lipinski definition) is 4. The molecule has 1 atom stereocenters. The molecule has 27 heavy (non-hydrogen) atoms. The summed E-state index contributed by atoms with van der Waals surface area (Å²) in [6.07, 6.45) is -0.498. The second-order valence-electron chi connectivity index (χ2n) is 6.22. The van der Waals surface area contributed by atoms with Crippen molar-refractivity contribution in [3.8, 4) is 0 Å². The van der Waals surface area contributed by atoms with E-state index in [4.69, 9.17) is 5.73 Å². The highest BCUT2D eigenvalue weighted by molar-refractivity contribution is 7.98. The van der Waals surface area contributed by atoms with Crippen LogP contribution < -0.4 is 11.1 Å². The first-order valence-corrected chi connectivity index (χ1v) is 10.1. The average Bonchev–Trinajstić information content (AvgIpc) is 2.73. The lowest BCUT2D eigenvalue weighted by Crippen LogP contribution is -2.27. The molecule has 0 heterocycles. The third-order valence-corrected chi connectivity index (χ3v) is 4.94. The molecule has 0 aromatic heterocycles. The van der Waals surface area contributed by atoms with Gasteiger partial charge in [0, 0.05) is 29.4 Å². The largest absolute Gasteiger partial charge is 0.390 e. The second-order valence-corrected chi connectivity index (χ2v) is 7.27. The molecule has 0 radical (unpaired) electrons. The molecule has 0 bridgehead atoms. The fourth-order valence-electron chi connectivity index (χ4n) is 2.26. The second kappa shape index (κ2) is 12.2. The van der Waals surface area contributed by atoms with Crippen LogP contribution in [0.5, 0.6) is 0 Å². The number of thioether (sulfide) groups is 1. The third-order valence-electron chi connectivity index (χ3n) is 3.86. The topological polar surface area (TPSA) is 58.3 Å². The molecule has 3 rings (SSSR count). The number of anilines is 1. The van der Waals surface area contributed by atoms with Gasteiger partial charge in [-0.3, -0.25) is 0 Å². The first kappa shape index (κ1) is 21.0. The molecule has 3 nitrogen and oxygen atoms in total. The minimum absolute atomic E-state index is 0.276. The van der Waals surface area contributed by atoms with Gasteiger partial charge in [0.15, 0.2) is 0 Å². The Morgan fingerprint density at radius 3 is 2.00 bits per heavy atom. The number of hydrogen-bond donors (Lipinski definition) is 3. The minimum Gasteiger partial charge on any atom is -0.390 e. The Hall–Kier alpha value is -2.27. The lowest BCUT2D eigenvalue weighted by atomic mass is 10.2. The minimum atomic E-state index is -0.498. The van der Waals surface area contributed by atoms with Crippen LogP contribution >= 0.6 is 11.8 Å². The number of benzene rings is 3. The van der Waals surface area contributed by atoms with E-state index >= 15 is 0 Å². The summed E-state index contributed by atoms with van der Waals surface area (Å²) in [7, 11) is 0. The van der Waals surface area contributed by atoms with Crippen molar-refractivity contribution in [1.82, 2.24) is 0 Å². The quantitative estimate of drug-likeness (QED) is 0.520. The van der Waals surface area contributed by atoms with Crippen LogP contribution in [0.1, 0.15) is 11.1 Å². The van der Waals surface area contributed by atoms with Crippen molar-refractivity contribution in [3.63, 3.8) is 0 Å². The maximum Gasteiger partial charge on any atom is 0.0834 e. The predicted molar refractivity (Wildman–Crippen MR) is 117 cm³/mol. The molecule has 0 aliphatic heterocycles. The van der Waals surface area contributed by atoms with Gasteiger partial charge in [-0.1, -0.05) is 66.2 Å². The molecule has 4 heteroatoms. The van der Waals surface area contributed by atoms with E-state index in [9.17, 15) is 5.11 Å². The van der Waals surface area contributed by atoms with Gasteiger partial charge in [0.05, 0.1) is 6.10 Å². The Balaban J connectivity index is 0.000000313. The Morgan fingerprint density at radius 2 is 1.48 bits per heavy atom. The maximum atomic E-state index is 9.39. The third kappa shape index (κ3) is 8.78. The predicted octanol–water partition coefficient (Wildman–Crippen LogP) is 4.71. The summed E-state index contributed by atoms with van der Waals surface area (Å²) in [4.78, 5) is 1.23. The lowest BCUT2D eigenvalue weighted by Gasteiger charge is -2.11. The number of aliphatic hydroxyl groups excluding tert-OH is 1. The summed E-state index contributed by atoms with van der Waals surface area (Å²) in [6.45, 7) is 2.84. The van der Waals surface area contributed by atoms with Crippen molar-refractivity contribution in [2.45, 2.75) is 23.7 Å². The molecule has 0 aliphatic carbocycles. The van der Waals surface area contributed by atoms with Crippen molar-refractivity contribution in [3.05, 3.63) is 96.1 Å². The SMILES string of the molecule is Cc1ccccc1.NCC(O)CNc1ccc(SCc2ccccc2)cc1. The van der Waals surface area contributed by atoms with Gasteiger partial charge in [-0.05, 0) is 36.8 Å². The Kier molecular flexibility index (Phi) is 9.49. The zero-order chi connectivity index (χ0) is 19.3.